The molecule has 1 aromatic heterocycles. The molecule has 5 nitrogen and oxygen atoms in total. The van der Waals surface area contributed by atoms with Crippen LogP contribution in [0.5, 0.6) is 0 Å². The fourth-order valence-corrected chi connectivity index (χ4v) is 3.11. The summed E-state index contributed by atoms with van der Waals surface area (Å²) in [7, 11) is 0. The molecular weight excluding hydrogens is 278 g/mol. The highest BCUT2D eigenvalue weighted by molar-refractivity contribution is 5.91. The van der Waals surface area contributed by atoms with Gasteiger partial charge >= 0.3 is 0 Å². The summed E-state index contributed by atoms with van der Waals surface area (Å²) >= 11 is 0. The zero-order chi connectivity index (χ0) is 15.6. The van der Waals surface area contributed by atoms with Crippen LogP contribution in [-0.2, 0) is 16.8 Å². The van der Waals surface area contributed by atoms with E-state index in [2.05, 4.69) is 47.0 Å². The van der Waals surface area contributed by atoms with E-state index in [1.165, 1.54) is 11.1 Å². The second-order valence-electron chi connectivity index (χ2n) is 6.08. The summed E-state index contributed by atoms with van der Waals surface area (Å²) in [6.45, 7) is 4.22. The number of carbonyl (C=O) groups is 1. The molecule has 1 amide bonds. The van der Waals surface area contributed by atoms with Gasteiger partial charge in [-0.1, -0.05) is 29.4 Å². The first-order valence-corrected chi connectivity index (χ1v) is 7.63. The number of aromatic nitrogens is 1. The Morgan fingerprint density at radius 1 is 1.41 bits per heavy atom. The van der Waals surface area contributed by atoms with Gasteiger partial charge in [0.15, 0.2) is 0 Å². The number of rotatable bonds is 4. The number of nitrogens with one attached hydrogen (secondary N) is 2. The van der Waals surface area contributed by atoms with E-state index in [9.17, 15) is 4.79 Å². The number of carbonyl (C=O) groups excluding carboxylic acids is 1. The van der Waals surface area contributed by atoms with Crippen LogP contribution >= 0.6 is 0 Å². The number of aryl methyl sites for hydroxylation is 2. The van der Waals surface area contributed by atoms with Crippen molar-refractivity contribution in [3.8, 4) is 0 Å². The van der Waals surface area contributed by atoms with Gasteiger partial charge in [-0.15, -0.1) is 0 Å². The highest BCUT2D eigenvalue weighted by Gasteiger charge is 2.31. The van der Waals surface area contributed by atoms with Crippen molar-refractivity contribution in [1.82, 2.24) is 10.5 Å². The second kappa shape index (κ2) is 5.93. The molecule has 1 aliphatic carbocycles. The van der Waals surface area contributed by atoms with Crippen LogP contribution in [0.25, 0.3) is 0 Å². The summed E-state index contributed by atoms with van der Waals surface area (Å²) in [5, 5.41) is 9.87. The van der Waals surface area contributed by atoms with Crippen LogP contribution in [0.1, 0.15) is 36.6 Å². The molecule has 3 rings (SSSR count). The summed E-state index contributed by atoms with van der Waals surface area (Å²) < 4.78 is 5.00. The predicted octanol–water partition coefficient (Wildman–Crippen LogP) is 2.76. The van der Waals surface area contributed by atoms with Gasteiger partial charge in [0.05, 0.1) is 12.2 Å². The van der Waals surface area contributed by atoms with Gasteiger partial charge < -0.3 is 4.52 Å². The molecule has 1 heterocycles. The molecule has 0 spiro atoms. The molecule has 0 unspecified atom stereocenters. The Morgan fingerprint density at radius 2 is 2.23 bits per heavy atom. The van der Waals surface area contributed by atoms with E-state index < -0.39 is 0 Å². The van der Waals surface area contributed by atoms with Crippen molar-refractivity contribution < 1.29 is 9.32 Å². The van der Waals surface area contributed by atoms with Gasteiger partial charge in [-0.2, -0.15) is 0 Å². The average Bonchev–Trinajstić information content (AvgIpc) is 2.91. The van der Waals surface area contributed by atoms with Gasteiger partial charge in [0, 0.05) is 11.6 Å². The lowest BCUT2D eigenvalue weighted by atomic mass is 9.78. The minimum Gasteiger partial charge on any atom is -0.338 e. The quantitative estimate of drug-likeness (QED) is 0.911. The topological polar surface area (TPSA) is 67.2 Å². The lowest BCUT2D eigenvalue weighted by Crippen LogP contribution is -2.45. The maximum absolute atomic E-state index is 12.1. The fraction of sp³-hybridized carbons (Fsp3) is 0.412. The van der Waals surface area contributed by atoms with E-state index in [1.54, 1.807) is 6.07 Å². The number of nitrogens with zero attached hydrogens (tertiary/aromatic N) is 1. The summed E-state index contributed by atoms with van der Waals surface area (Å²) in [5.41, 5.74) is 3.25. The van der Waals surface area contributed by atoms with Crippen molar-refractivity contribution in [3.63, 3.8) is 0 Å². The molecule has 2 N–H and O–H groups in total. The summed E-state index contributed by atoms with van der Waals surface area (Å²) in [4.78, 5) is 12.1. The van der Waals surface area contributed by atoms with Crippen molar-refractivity contribution in [3.05, 3.63) is 47.2 Å². The summed E-state index contributed by atoms with van der Waals surface area (Å²) in [6, 6.07) is 10.2. The van der Waals surface area contributed by atoms with E-state index in [1.807, 2.05) is 6.92 Å². The Morgan fingerprint density at radius 3 is 3.00 bits per heavy atom. The van der Waals surface area contributed by atoms with E-state index in [0.29, 0.717) is 5.88 Å². The number of hydrogen-bond donors (Lipinski definition) is 2. The summed E-state index contributed by atoms with van der Waals surface area (Å²) in [5.74, 6) is 0.263. The number of amides is 1. The van der Waals surface area contributed by atoms with Crippen molar-refractivity contribution >= 4 is 11.8 Å². The number of fused-ring (bicyclic) bond motifs is 1. The number of hydrogen-bond acceptors (Lipinski definition) is 4. The van der Waals surface area contributed by atoms with Crippen LogP contribution < -0.4 is 10.6 Å². The van der Waals surface area contributed by atoms with Crippen LogP contribution in [0.4, 0.5) is 5.88 Å². The Bertz CT molecular complexity index is 680. The van der Waals surface area contributed by atoms with Crippen molar-refractivity contribution in [2.45, 2.75) is 38.6 Å². The summed E-state index contributed by atoms with van der Waals surface area (Å²) in [6.07, 6.45) is 3.26. The Kier molecular flexibility index (Phi) is 3.98. The first-order chi connectivity index (χ1) is 10.6. The SMILES string of the molecule is Cc1cc(NC(=O)CN[C@@]2(C)CCCc3ccccc32)on1. The van der Waals surface area contributed by atoms with Gasteiger partial charge in [-0.3, -0.25) is 15.4 Å². The first kappa shape index (κ1) is 14.8. The minimum atomic E-state index is -0.163. The zero-order valence-electron chi connectivity index (χ0n) is 13.0. The fourth-order valence-electron chi connectivity index (χ4n) is 3.11. The zero-order valence-corrected chi connectivity index (χ0v) is 13.0. The molecule has 2 aromatic rings. The predicted molar refractivity (Wildman–Crippen MR) is 84.6 cm³/mol. The lowest BCUT2D eigenvalue weighted by Gasteiger charge is -2.37. The maximum Gasteiger partial charge on any atom is 0.240 e. The molecule has 0 saturated carbocycles. The molecule has 22 heavy (non-hydrogen) atoms. The molecule has 0 fully saturated rings. The van der Waals surface area contributed by atoms with E-state index in [0.717, 1.165) is 25.0 Å². The largest absolute Gasteiger partial charge is 0.338 e. The second-order valence-corrected chi connectivity index (χ2v) is 6.08. The lowest BCUT2D eigenvalue weighted by molar-refractivity contribution is -0.115. The molecule has 0 bridgehead atoms. The van der Waals surface area contributed by atoms with Gasteiger partial charge in [-0.25, -0.2) is 0 Å². The van der Waals surface area contributed by atoms with Crippen LogP contribution in [0, 0.1) is 6.92 Å². The Balaban J connectivity index is 1.65. The molecule has 0 radical (unpaired) electrons. The molecule has 1 aromatic carbocycles. The van der Waals surface area contributed by atoms with Crippen LogP contribution in [0.2, 0.25) is 0 Å². The number of anilines is 1. The standard InChI is InChI=1S/C17H21N3O2/c1-12-10-16(22-20-12)19-15(21)11-18-17(2)9-5-7-13-6-3-4-8-14(13)17/h3-4,6,8,10,18H,5,7,9,11H2,1-2H3,(H,19,21)/t17-/m0/s1. The maximum atomic E-state index is 12.1. The van der Waals surface area contributed by atoms with Crippen LogP contribution in [0.15, 0.2) is 34.9 Å². The smallest absolute Gasteiger partial charge is 0.240 e. The number of benzene rings is 1. The molecule has 1 aliphatic rings. The van der Waals surface area contributed by atoms with Crippen LogP contribution in [-0.4, -0.2) is 17.6 Å². The normalized spacial score (nSPS) is 20.5. The Labute approximate surface area is 130 Å². The highest BCUT2D eigenvalue weighted by Crippen LogP contribution is 2.34. The van der Waals surface area contributed by atoms with Gasteiger partial charge in [0.25, 0.3) is 0 Å². The van der Waals surface area contributed by atoms with Crippen molar-refractivity contribution in [2.24, 2.45) is 0 Å². The van der Waals surface area contributed by atoms with Crippen LogP contribution in [0.3, 0.4) is 0 Å². The van der Waals surface area contributed by atoms with Crippen molar-refractivity contribution in [1.29, 1.82) is 0 Å². The van der Waals surface area contributed by atoms with E-state index >= 15 is 0 Å². The average molecular weight is 299 g/mol. The third kappa shape index (κ3) is 3.04. The van der Waals surface area contributed by atoms with Gasteiger partial charge in [-0.05, 0) is 44.2 Å². The highest BCUT2D eigenvalue weighted by atomic mass is 16.5. The molecule has 5 heteroatoms. The molecule has 116 valence electrons. The molecular formula is C17H21N3O2. The third-order valence-electron chi connectivity index (χ3n) is 4.26. The molecule has 1 atom stereocenters. The molecule has 0 aliphatic heterocycles. The minimum absolute atomic E-state index is 0.125. The van der Waals surface area contributed by atoms with Gasteiger partial charge in [0.1, 0.15) is 0 Å². The molecule has 0 saturated heterocycles. The Hall–Kier alpha value is -2.14. The first-order valence-electron chi connectivity index (χ1n) is 7.63. The van der Waals surface area contributed by atoms with E-state index in [4.69, 9.17) is 4.52 Å². The monoisotopic (exact) mass is 299 g/mol. The third-order valence-corrected chi connectivity index (χ3v) is 4.26. The van der Waals surface area contributed by atoms with E-state index in [-0.39, 0.29) is 18.0 Å². The van der Waals surface area contributed by atoms with Gasteiger partial charge in [0.2, 0.25) is 11.8 Å². The van der Waals surface area contributed by atoms with Crippen molar-refractivity contribution in [2.75, 3.05) is 11.9 Å².